The highest BCUT2D eigenvalue weighted by Gasteiger charge is 2.05. The molecule has 0 rings (SSSR count). The first kappa shape index (κ1) is 10.0. The monoisotopic (exact) mass is 187 g/mol. The van der Waals surface area contributed by atoms with Crippen molar-refractivity contribution < 1.29 is 17.2 Å². The Labute approximate surface area is 62.2 Å². The van der Waals surface area contributed by atoms with E-state index in [9.17, 15) is 12.6 Å². The molecule has 0 amide bonds. The number of rotatable bonds is 4. The van der Waals surface area contributed by atoms with Crippen molar-refractivity contribution in [1.29, 1.82) is 0 Å². The lowest BCUT2D eigenvalue weighted by Crippen LogP contribution is -2.28. The summed E-state index contributed by atoms with van der Waals surface area (Å²) in [5.41, 5.74) is 0. The van der Waals surface area contributed by atoms with Crippen molar-refractivity contribution in [2.45, 2.75) is 6.92 Å². The van der Waals surface area contributed by atoms with E-state index in [2.05, 4.69) is 0 Å². The average Bonchev–Trinajstić information content (AvgIpc) is 1.85. The molecule has 7 heteroatoms. The van der Waals surface area contributed by atoms with Gasteiger partial charge in [0.25, 0.3) is 0 Å². The molecule has 1 unspecified atom stereocenters. The van der Waals surface area contributed by atoms with Gasteiger partial charge in [-0.15, -0.1) is 0 Å². The third kappa shape index (κ3) is 4.86. The number of nitrogens with one attached hydrogen (secondary N) is 1. The molecule has 62 valence electrons. The fourth-order valence-corrected chi connectivity index (χ4v) is 1.57. The molecule has 0 aromatic heterocycles. The summed E-state index contributed by atoms with van der Waals surface area (Å²) >= 11 is -2.10. The first-order chi connectivity index (χ1) is 4.48. The Hall–Kier alpha value is 0.0200. The summed E-state index contributed by atoms with van der Waals surface area (Å²) in [5.74, 6) is -0.514. The Kier molecular flexibility index (Phi) is 4.02. The highest BCUT2D eigenvalue weighted by Crippen LogP contribution is 1.81. The minimum atomic E-state index is -3.32. The van der Waals surface area contributed by atoms with Gasteiger partial charge in [0, 0.05) is 0 Å². The van der Waals surface area contributed by atoms with Gasteiger partial charge in [0.15, 0.2) is 11.1 Å². The van der Waals surface area contributed by atoms with E-state index in [1.54, 1.807) is 0 Å². The van der Waals surface area contributed by atoms with E-state index in [0.717, 1.165) is 0 Å². The van der Waals surface area contributed by atoms with Gasteiger partial charge in [-0.05, 0) is 6.92 Å². The van der Waals surface area contributed by atoms with Gasteiger partial charge < -0.3 is 4.55 Å². The molecule has 0 fully saturated rings. The van der Waals surface area contributed by atoms with Crippen molar-refractivity contribution in [2.24, 2.45) is 0 Å². The number of sulfonamides is 1. The van der Waals surface area contributed by atoms with Crippen LogP contribution in [-0.2, 0) is 21.1 Å². The topological polar surface area (TPSA) is 83.5 Å². The van der Waals surface area contributed by atoms with Gasteiger partial charge in [-0.1, -0.05) is 0 Å². The molecule has 0 saturated heterocycles. The van der Waals surface area contributed by atoms with Crippen LogP contribution in [-0.4, -0.2) is 28.8 Å². The summed E-state index contributed by atoms with van der Waals surface area (Å²) in [4.78, 5) is 0. The molecule has 5 nitrogen and oxygen atoms in total. The maximum absolute atomic E-state index is 10.5. The lowest BCUT2D eigenvalue weighted by Gasteiger charge is -1.98. The van der Waals surface area contributed by atoms with Crippen LogP contribution in [0.1, 0.15) is 6.92 Å². The summed E-state index contributed by atoms with van der Waals surface area (Å²) in [6, 6.07) is 0. The van der Waals surface area contributed by atoms with Crippen LogP contribution in [0.4, 0.5) is 0 Å². The van der Waals surface area contributed by atoms with Crippen LogP contribution in [0, 0.1) is 0 Å². The van der Waals surface area contributed by atoms with Gasteiger partial charge in [-0.3, -0.25) is 0 Å². The molecule has 0 aliphatic carbocycles. The Balaban J connectivity index is 3.81. The molecular weight excluding hydrogens is 178 g/mol. The molecule has 0 heterocycles. The SMILES string of the molecule is CCS(=O)(=O)NCS(=O)O. The highest BCUT2D eigenvalue weighted by molar-refractivity contribution is 7.90. The first-order valence-electron chi connectivity index (χ1n) is 2.52. The number of hydrogen-bond acceptors (Lipinski definition) is 3. The van der Waals surface area contributed by atoms with Crippen molar-refractivity contribution in [3.8, 4) is 0 Å². The average molecular weight is 187 g/mol. The Morgan fingerprint density at radius 1 is 1.60 bits per heavy atom. The summed E-state index contributed by atoms with van der Waals surface area (Å²) in [7, 11) is -3.32. The van der Waals surface area contributed by atoms with E-state index in [1.165, 1.54) is 6.92 Å². The lowest BCUT2D eigenvalue weighted by atomic mass is 11.0. The van der Waals surface area contributed by atoms with E-state index in [4.69, 9.17) is 4.55 Å². The van der Waals surface area contributed by atoms with E-state index in [0.29, 0.717) is 0 Å². The van der Waals surface area contributed by atoms with Gasteiger partial charge in [0.2, 0.25) is 10.0 Å². The van der Waals surface area contributed by atoms with Gasteiger partial charge in [0.1, 0.15) is 5.88 Å². The predicted octanol–water partition coefficient (Wildman–Crippen LogP) is -0.895. The van der Waals surface area contributed by atoms with Gasteiger partial charge >= 0.3 is 0 Å². The van der Waals surface area contributed by atoms with Crippen molar-refractivity contribution in [2.75, 3.05) is 11.6 Å². The second-order valence-corrected chi connectivity index (χ2v) is 4.54. The molecule has 0 saturated carbocycles. The zero-order valence-electron chi connectivity index (χ0n) is 5.40. The summed E-state index contributed by atoms with van der Waals surface area (Å²) in [6.07, 6.45) is 0. The summed E-state index contributed by atoms with van der Waals surface area (Å²) < 4.78 is 41.1. The van der Waals surface area contributed by atoms with Crippen molar-refractivity contribution >= 4 is 21.1 Å². The molecule has 0 aliphatic heterocycles. The van der Waals surface area contributed by atoms with Crippen molar-refractivity contribution in [3.63, 3.8) is 0 Å². The fraction of sp³-hybridized carbons (Fsp3) is 1.00. The van der Waals surface area contributed by atoms with E-state index in [1.807, 2.05) is 4.72 Å². The van der Waals surface area contributed by atoms with Crippen LogP contribution < -0.4 is 4.72 Å². The highest BCUT2D eigenvalue weighted by atomic mass is 32.2. The van der Waals surface area contributed by atoms with Crippen LogP contribution in [0.2, 0.25) is 0 Å². The third-order valence-corrected chi connectivity index (χ3v) is 2.70. The Morgan fingerprint density at radius 3 is 2.40 bits per heavy atom. The van der Waals surface area contributed by atoms with Gasteiger partial charge in [-0.25, -0.2) is 17.3 Å². The molecule has 0 bridgehead atoms. The lowest BCUT2D eigenvalue weighted by molar-refractivity contribution is 0.556. The van der Waals surface area contributed by atoms with Gasteiger partial charge in [-0.2, -0.15) is 0 Å². The smallest absolute Gasteiger partial charge is 0.212 e. The molecule has 10 heavy (non-hydrogen) atoms. The van der Waals surface area contributed by atoms with Crippen LogP contribution in [0.25, 0.3) is 0 Å². The normalized spacial score (nSPS) is 15.0. The standard InChI is InChI=1S/C3H9NO4S2/c1-2-10(7,8)4-3-9(5)6/h4H,2-3H2,1H3,(H,5,6). The first-order valence-corrected chi connectivity index (χ1v) is 5.45. The fourth-order valence-electron chi connectivity index (χ4n) is 0.242. The summed E-state index contributed by atoms with van der Waals surface area (Å²) in [5, 5.41) is 0. The van der Waals surface area contributed by atoms with E-state index >= 15 is 0 Å². The molecule has 0 aromatic carbocycles. The Bertz CT molecular complexity index is 209. The Morgan fingerprint density at radius 2 is 2.10 bits per heavy atom. The third-order valence-electron chi connectivity index (χ3n) is 0.782. The van der Waals surface area contributed by atoms with Crippen LogP contribution in [0.5, 0.6) is 0 Å². The largest absolute Gasteiger partial charge is 0.305 e. The minimum absolute atomic E-state index is 0.0792. The second-order valence-electron chi connectivity index (χ2n) is 1.51. The predicted molar refractivity (Wildman–Crippen MR) is 38.2 cm³/mol. The molecule has 1 atom stereocenters. The molecule has 0 aromatic rings. The van der Waals surface area contributed by atoms with E-state index < -0.39 is 27.0 Å². The van der Waals surface area contributed by atoms with E-state index in [-0.39, 0.29) is 5.75 Å². The minimum Gasteiger partial charge on any atom is -0.305 e. The molecule has 0 radical (unpaired) electrons. The maximum Gasteiger partial charge on any atom is 0.212 e. The van der Waals surface area contributed by atoms with Gasteiger partial charge in [0.05, 0.1) is 5.75 Å². The van der Waals surface area contributed by atoms with Crippen LogP contribution in [0.3, 0.4) is 0 Å². The van der Waals surface area contributed by atoms with Crippen molar-refractivity contribution in [1.82, 2.24) is 4.72 Å². The molecule has 0 spiro atoms. The van der Waals surface area contributed by atoms with Crippen molar-refractivity contribution in [3.05, 3.63) is 0 Å². The van der Waals surface area contributed by atoms with Crippen LogP contribution >= 0.6 is 0 Å². The second kappa shape index (κ2) is 4.02. The molecule has 0 aliphatic rings. The zero-order chi connectivity index (χ0) is 8.20. The molecule has 2 N–H and O–H groups in total. The summed E-state index contributed by atoms with van der Waals surface area (Å²) in [6.45, 7) is 1.45. The number of hydrogen-bond donors (Lipinski definition) is 2. The quantitative estimate of drug-likeness (QED) is 0.559. The zero-order valence-corrected chi connectivity index (χ0v) is 7.04. The molecular formula is C3H9NO4S2. The maximum atomic E-state index is 10.5. The van der Waals surface area contributed by atoms with Crippen LogP contribution in [0.15, 0.2) is 0 Å².